The van der Waals surface area contributed by atoms with Crippen molar-refractivity contribution in [2.24, 2.45) is 0 Å². The number of aromatic nitrogens is 2. The maximum absolute atomic E-state index is 11.7. The Balaban J connectivity index is 1.91. The molecule has 1 aromatic heterocycles. The molecule has 0 bridgehead atoms. The number of amides is 1. The van der Waals surface area contributed by atoms with E-state index in [4.69, 9.17) is 4.42 Å². The maximum Gasteiger partial charge on any atom is 0.277 e. The standard InChI is InChI=1S/C15H19N3O2S/c1-4-11(3)16-13(19)9-21-15-18-17-14(20-15)12-7-5-10(2)6-8-12/h5-8,11H,4,9H2,1-3H3,(H,16,19). The largest absolute Gasteiger partial charge is 0.411 e. The number of thioether (sulfide) groups is 1. The second-order valence-electron chi connectivity index (χ2n) is 4.90. The van der Waals surface area contributed by atoms with Gasteiger partial charge in [0.25, 0.3) is 5.22 Å². The lowest BCUT2D eigenvalue weighted by molar-refractivity contribution is -0.119. The summed E-state index contributed by atoms with van der Waals surface area (Å²) >= 11 is 1.25. The third kappa shape index (κ3) is 4.60. The molecular weight excluding hydrogens is 286 g/mol. The van der Waals surface area contributed by atoms with E-state index in [1.807, 2.05) is 45.0 Å². The fourth-order valence-corrected chi connectivity index (χ4v) is 2.20. The first-order chi connectivity index (χ1) is 10.1. The van der Waals surface area contributed by atoms with Crippen molar-refractivity contribution in [3.8, 4) is 11.5 Å². The number of rotatable bonds is 6. The van der Waals surface area contributed by atoms with Crippen molar-refractivity contribution >= 4 is 17.7 Å². The number of nitrogens with zero attached hydrogens (tertiary/aromatic N) is 2. The van der Waals surface area contributed by atoms with Crippen LogP contribution in [0, 0.1) is 6.92 Å². The van der Waals surface area contributed by atoms with Gasteiger partial charge < -0.3 is 9.73 Å². The molecule has 2 aromatic rings. The fourth-order valence-electron chi connectivity index (χ4n) is 1.63. The van der Waals surface area contributed by atoms with Gasteiger partial charge in [-0.2, -0.15) is 0 Å². The molecule has 6 heteroatoms. The van der Waals surface area contributed by atoms with Crippen LogP contribution in [0.5, 0.6) is 0 Å². The van der Waals surface area contributed by atoms with Crippen LogP contribution >= 0.6 is 11.8 Å². The highest BCUT2D eigenvalue weighted by Gasteiger charge is 2.12. The van der Waals surface area contributed by atoms with Gasteiger partial charge >= 0.3 is 0 Å². The Kier molecular flexibility index (Phi) is 5.38. The highest BCUT2D eigenvalue weighted by molar-refractivity contribution is 7.99. The molecule has 112 valence electrons. The molecule has 0 fully saturated rings. The molecule has 2 rings (SSSR count). The Labute approximate surface area is 128 Å². The topological polar surface area (TPSA) is 68.0 Å². The van der Waals surface area contributed by atoms with Crippen molar-refractivity contribution < 1.29 is 9.21 Å². The first-order valence-corrected chi connectivity index (χ1v) is 7.89. The van der Waals surface area contributed by atoms with Crippen molar-refractivity contribution in [3.63, 3.8) is 0 Å². The predicted molar refractivity (Wildman–Crippen MR) is 83.1 cm³/mol. The molecule has 1 amide bonds. The first-order valence-electron chi connectivity index (χ1n) is 6.91. The van der Waals surface area contributed by atoms with E-state index in [0.717, 1.165) is 12.0 Å². The van der Waals surface area contributed by atoms with Crippen LogP contribution in [0.2, 0.25) is 0 Å². The van der Waals surface area contributed by atoms with Gasteiger partial charge in [0, 0.05) is 11.6 Å². The van der Waals surface area contributed by atoms with Crippen LogP contribution < -0.4 is 5.32 Å². The summed E-state index contributed by atoms with van der Waals surface area (Å²) < 4.78 is 5.55. The molecule has 0 spiro atoms. The van der Waals surface area contributed by atoms with Gasteiger partial charge in [0.2, 0.25) is 11.8 Å². The minimum absolute atomic E-state index is 0.0237. The number of carbonyl (C=O) groups excluding carboxylic acids is 1. The molecule has 21 heavy (non-hydrogen) atoms. The SMILES string of the molecule is CCC(C)NC(=O)CSc1nnc(-c2ccc(C)cc2)o1. The van der Waals surface area contributed by atoms with Crippen LogP contribution in [0.15, 0.2) is 33.9 Å². The van der Waals surface area contributed by atoms with Gasteiger partial charge in [-0.3, -0.25) is 4.79 Å². The highest BCUT2D eigenvalue weighted by Crippen LogP contribution is 2.23. The molecular formula is C15H19N3O2S. The highest BCUT2D eigenvalue weighted by atomic mass is 32.2. The van der Waals surface area contributed by atoms with Gasteiger partial charge in [0.15, 0.2) is 0 Å². The number of hydrogen-bond donors (Lipinski definition) is 1. The van der Waals surface area contributed by atoms with Crippen molar-refractivity contribution in [2.75, 3.05) is 5.75 Å². The molecule has 0 saturated carbocycles. The third-order valence-electron chi connectivity index (χ3n) is 3.05. The van der Waals surface area contributed by atoms with Crippen LogP contribution in [0.3, 0.4) is 0 Å². The minimum Gasteiger partial charge on any atom is -0.411 e. The Morgan fingerprint density at radius 2 is 2.05 bits per heavy atom. The molecule has 1 atom stereocenters. The molecule has 1 unspecified atom stereocenters. The molecule has 1 heterocycles. The Morgan fingerprint density at radius 3 is 2.71 bits per heavy atom. The zero-order valence-electron chi connectivity index (χ0n) is 12.4. The zero-order valence-corrected chi connectivity index (χ0v) is 13.2. The first kappa shape index (κ1) is 15.6. The second-order valence-corrected chi connectivity index (χ2v) is 5.83. The number of aryl methyl sites for hydroxylation is 1. The van der Waals surface area contributed by atoms with Crippen molar-refractivity contribution in [3.05, 3.63) is 29.8 Å². The van der Waals surface area contributed by atoms with E-state index in [0.29, 0.717) is 11.1 Å². The van der Waals surface area contributed by atoms with Crippen LogP contribution in [-0.4, -0.2) is 27.9 Å². The van der Waals surface area contributed by atoms with Gasteiger partial charge in [-0.05, 0) is 32.4 Å². The van der Waals surface area contributed by atoms with Gasteiger partial charge in [-0.15, -0.1) is 10.2 Å². The Hall–Kier alpha value is -1.82. The Bertz CT molecular complexity index is 595. The summed E-state index contributed by atoms with van der Waals surface area (Å²) in [6, 6.07) is 8.04. The smallest absolute Gasteiger partial charge is 0.277 e. The van der Waals surface area contributed by atoms with Gasteiger partial charge in [0.05, 0.1) is 5.75 Å². The summed E-state index contributed by atoms with van der Waals surface area (Å²) in [5, 5.41) is 11.3. The summed E-state index contributed by atoms with van der Waals surface area (Å²) in [5.74, 6) is 0.726. The zero-order chi connectivity index (χ0) is 15.2. The predicted octanol–water partition coefficient (Wildman–Crippen LogP) is 3.05. The molecule has 5 nitrogen and oxygen atoms in total. The molecule has 0 radical (unpaired) electrons. The van der Waals surface area contributed by atoms with Gasteiger partial charge in [-0.25, -0.2) is 0 Å². The number of carbonyl (C=O) groups is 1. The minimum atomic E-state index is -0.0237. The van der Waals surface area contributed by atoms with E-state index in [2.05, 4.69) is 15.5 Å². The van der Waals surface area contributed by atoms with Crippen LogP contribution in [0.1, 0.15) is 25.8 Å². The number of nitrogens with one attached hydrogen (secondary N) is 1. The van der Waals surface area contributed by atoms with Crippen LogP contribution in [0.4, 0.5) is 0 Å². The lowest BCUT2D eigenvalue weighted by atomic mass is 10.1. The van der Waals surface area contributed by atoms with Gasteiger partial charge in [0.1, 0.15) is 0 Å². The van der Waals surface area contributed by atoms with E-state index >= 15 is 0 Å². The lowest BCUT2D eigenvalue weighted by Gasteiger charge is -2.09. The normalized spacial score (nSPS) is 12.1. The van der Waals surface area contributed by atoms with E-state index in [9.17, 15) is 4.79 Å². The summed E-state index contributed by atoms with van der Waals surface area (Å²) in [4.78, 5) is 11.7. The van der Waals surface area contributed by atoms with Gasteiger partial charge in [-0.1, -0.05) is 36.4 Å². The molecule has 1 N–H and O–H groups in total. The summed E-state index contributed by atoms with van der Waals surface area (Å²) in [6.45, 7) is 6.03. The van der Waals surface area contributed by atoms with E-state index in [1.165, 1.54) is 17.3 Å². The number of benzene rings is 1. The Morgan fingerprint density at radius 1 is 1.33 bits per heavy atom. The van der Waals surface area contributed by atoms with E-state index in [-0.39, 0.29) is 17.7 Å². The van der Waals surface area contributed by atoms with E-state index in [1.54, 1.807) is 0 Å². The van der Waals surface area contributed by atoms with Crippen molar-refractivity contribution in [1.29, 1.82) is 0 Å². The summed E-state index contributed by atoms with van der Waals surface area (Å²) in [6.07, 6.45) is 0.911. The monoisotopic (exact) mass is 305 g/mol. The molecule has 0 aliphatic carbocycles. The molecule has 1 aromatic carbocycles. The van der Waals surface area contributed by atoms with Crippen LogP contribution in [-0.2, 0) is 4.79 Å². The summed E-state index contributed by atoms with van der Waals surface area (Å²) in [5.41, 5.74) is 2.05. The molecule has 0 aliphatic heterocycles. The molecule has 0 saturated heterocycles. The third-order valence-corrected chi connectivity index (χ3v) is 3.87. The van der Waals surface area contributed by atoms with E-state index < -0.39 is 0 Å². The average molecular weight is 305 g/mol. The quantitative estimate of drug-likeness (QED) is 0.831. The second kappa shape index (κ2) is 7.26. The summed E-state index contributed by atoms with van der Waals surface area (Å²) in [7, 11) is 0. The van der Waals surface area contributed by atoms with Crippen LogP contribution in [0.25, 0.3) is 11.5 Å². The maximum atomic E-state index is 11.7. The lowest BCUT2D eigenvalue weighted by Crippen LogP contribution is -2.33. The van der Waals surface area contributed by atoms with Crippen molar-refractivity contribution in [2.45, 2.75) is 38.5 Å². The fraction of sp³-hybridized carbons (Fsp3) is 0.400. The number of hydrogen-bond acceptors (Lipinski definition) is 5. The molecule has 0 aliphatic rings. The average Bonchev–Trinajstić information content (AvgIpc) is 2.94. The van der Waals surface area contributed by atoms with Crippen molar-refractivity contribution in [1.82, 2.24) is 15.5 Å².